The third-order valence-electron chi connectivity index (χ3n) is 3.47. The second-order valence-electron chi connectivity index (χ2n) is 5.11. The van der Waals surface area contributed by atoms with Crippen LogP contribution in [-0.2, 0) is 10.2 Å². The van der Waals surface area contributed by atoms with Gasteiger partial charge in [0.15, 0.2) is 0 Å². The molecule has 0 aromatic heterocycles. The van der Waals surface area contributed by atoms with Gasteiger partial charge in [-0.15, -0.1) is 0 Å². The Morgan fingerprint density at radius 2 is 2.06 bits per heavy atom. The van der Waals surface area contributed by atoms with Crippen molar-refractivity contribution < 1.29 is 4.79 Å². The molecule has 1 fully saturated rings. The van der Waals surface area contributed by atoms with Crippen LogP contribution in [0, 0.1) is 0 Å². The van der Waals surface area contributed by atoms with E-state index in [1.165, 1.54) is 0 Å². The van der Waals surface area contributed by atoms with E-state index in [-0.39, 0.29) is 17.4 Å². The summed E-state index contributed by atoms with van der Waals surface area (Å²) in [5, 5.41) is 3.00. The fourth-order valence-electron chi connectivity index (χ4n) is 2.12. The van der Waals surface area contributed by atoms with Gasteiger partial charge in [-0.25, -0.2) is 0 Å². The topological polar surface area (TPSA) is 55.1 Å². The first-order valence-corrected chi connectivity index (χ1v) is 7.14. The Hall–Kier alpha value is -0.870. The van der Waals surface area contributed by atoms with Gasteiger partial charge in [0.25, 0.3) is 0 Å². The smallest absolute Gasteiger partial charge is 0.230 e. The second kappa shape index (κ2) is 5.41. The summed E-state index contributed by atoms with van der Waals surface area (Å²) in [6.07, 6.45) is 2.71. The van der Waals surface area contributed by atoms with Crippen LogP contribution in [0.5, 0.6) is 0 Å². The van der Waals surface area contributed by atoms with Crippen LogP contribution in [0.3, 0.4) is 0 Å². The van der Waals surface area contributed by atoms with Crippen molar-refractivity contribution >= 4 is 21.8 Å². The first-order valence-electron chi connectivity index (χ1n) is 6.34. The van der Waals surface area contributed by atoms with Gasteiger partial charge in [-0.1, -0.05) is 28.1 Å². The number of halogens is 1. The maximum absolute atomic E-state index is 12.2. The Bertz CT molecular complexity index is 424. The quantitative estimate of drug-likeness (QED) is 0.877. The molecule has 1 aliphatic carbocycles. The zero-order valence-electron chi connectivity index (χ0n) is 10.6. The molecule has 1 unspecified atom stereocenters. The summed E-state index contributed by atoms with van der Waals surface area (Å²) in [6.45, 7) is 2.61. The Kier molecular flexibility index (Phi) is 4.07. The van der Waals surface area contributed by atoms with Crippen molar-refractivity contribution in [3.8, 4) is 0 Å². The summed E-state index contributed by atoms with van der Waals surface area (Å²) in [5.74, 6) is 0.144. The molecular formula is C14H19BrN2O. The van der Waals surface area contributed by atoms with Gasteiger partial charge in [-0.2, -0.15) is 0 Å². The second-order valence-corrected chi connectivity index (χ2v) is 6.03. The Morgan fingerprint density at radius 1 is 1.44 bits per heavy atom. The third-order valence-corrected chi connectivity index (χ3v) is 4.00. The van der Waals surface area contributed by atoms with Crippen molar-refractivity contribution in [2.75, 3.05) is 6.54 Å². The molecule has 4 heteroatoms. The summed E-state index contributed by atoms with van der Waals surface area (Å²) >= 11 is 3.41. The van der Waals surface area contributed by atoms with E-state index in [4.69, 9.17) is 5.73 Å². The fraction of sp³-hybridized carbons (Fsp3) is 0.500. The van der Waals surface area contributed by atoms with Gasteiger partial charge in [-0.05, 0) is 43.9 Å². The van der Waals surface area contributed by atoms with Gasteiger partial charge in [0.2, 0.25) is 5.91 Å². The van der Waals surface area contributed by atoms with E-state index in [1.54, 1.807) is 0 Å². The fourth-order valence-corrected chi connectivity index (χ4v) is 2.39. The SMILES string of the molecule is CC(N)CCNC(=O)C1(c2ccc(Br)cc2)CC1. The van der Waals surface area contributed by atoms with E-state index in [2.05, 4.69) is 21.2 Å². The van der Waals surface area contributed by atoms with Gasteiger partial charge in [0, 0.05) is 17.1 Å². The summed E-state index contributed by atoms with van der Waals surface area (Å²) in [4.78, 5) is 12.2. The lowest BCUT2D eigenvalue weighted by atomic mass is 9.95. The van der Waals surface area contributed by atoms with E-state index in [0.29, 0.717) is 6.54 Å². The average molecular weight is 311 g/mol. The van der Waals surface area contributed by atoms with E-state index < -0.39 is 0 Å². The van der Waals surface area contributed by atoms with Crippen molar-refractivity contribution in [2.24, 2.45) is 5.73 Å². The monoisotopic (exact) mass is 310 g/mol. The molecule has 3 N–H and O–H groups in total. The van der Waals surface area contributed by atoms with E-state index in [1.807, 2.05) is 31.2 Å². The normalized spacial score (nSPS) is 18.2. The minimum atomic E-state index is -0.279. The van der Waals surface area contributed by atoms with Crippen molar-refractivity contribution in [3.05, 3.63) is 34.3 Å². The highest BCUT2D eigenvalue weighted by Crippen LogP contribution is 2.48. The molecule has 1 aromatic rings. The van der Waals surface area contributed by atoms with Gasteiger partial charge >= 0.3 is 0 Å². The number of nitrogens with two attached hydrogens (primary N) is 1. The van der Waals surface area contributed by atoms with Crippen LogP contribution in [0.1, 0.15) is 31.7 Å². The number of nitrogens with one attached hydrogen (secondary N) is 1. The molecule has 18 heavy (non-hydrogen) atoms. The van der Waals surface area contributed by atoms with Crippen molar-refractivity contribution in [3.63, 3.8) is 0 Å². The summed E-state index contributed by atoms with van der Waals surface area (Å²) < 4.78 is 1.04. The molecular weight excluding hydrogens is 292 g/mol. The van der Waals surface area contributed by atoms with Crippen LogP contribution in [0.15, 0.2) is 28.7 Å². The number of hydrogen-bond donors (Lipinski definition) is 2. The molecule has 0 heterocycles. The molecule has 2 rings (SSSR count). The Labute approximate surface area is 116 Å². The molecule has 3 nitrogen and oxygen atoms in total. The lowest BCUT2D eigenvalue weighted by Crippen LogP contribution is -2.36. The van der Waals surface area contributed by atoms with Crippen LogP contribution in [-0.4, -0.2) is 18.5 Å². The van der Waals surface area contributed by atoms with Crippen molar-refractivity contribution in [1.82, 2.24) is 5.32 Å². The van der Waals surface area contributed by atoms with Crippen LogP contribution in [0.25, 0.3) is 0 Å². The zero-order valence-corrected chi connectivity index (χ0v) is 12.2. The first kappa shape index (κ1) is 13.6. The lowest BCUT2D eigenvalue weighted by molar-refractivity contribution is -0.123. The highest BCUT2D eigenvalue weighted by molar-refractivity contribution is 9.10. The van der Waals surface area contributed by atoms with Gasteiger partial charge in [-0.3, -0.25) is 4.79 Å². The number of benzene rings is 1. The number of carbonyl (C=O) groups excluding carboxylic acids is 1. The minimum absolute atomic E-state index is 0.133. The van der Waals surface area contributed by atoms with Crippen molar-refractivity contribution in [2.45, 2.75) is 37.6 Å². The molecule has 0 saturated heterocycles. The van der Waals surface area contributed by atoms with Gasteiger partial charge < -0.3 is 11.1 Å². The maximum Gasteiger partial charge on any atom is 0.230 e. The molecule has 0 radical (unpaired) electrons. The molecule has 98 valence electrons. The Balaban J connectivity index is 1.98. The van der Waals surface area contributed by atoms with Crippen LogP contribution in [0.2, 0.25) is 0 Å². The highest BCUT2D eigenvalue weighted by Gasteiger charge is 2.50. The predicted molar refractivity (Wildman–Crippen MR) is 76.3 cm³/mol. The summed E-state index contributed by atoms with van der Waals surface area (Å²) in [6, 6.07) is 8.17. The van der Waals surface area contributed by atoms with E-state index in [0.717, 1.165) is 29.3 Å². The highest BCUT2D eigenvalue weighted by atomic mass is 79.9. The van der Waals surface area contributed by atoms with Crippen LogP contribution in [0.4, 0.5) is 0 Å². The molecule has 0 aliphatic heterocycles. The minimum Gasteiger partial charge on any atom is -0.355 e. The number of rotatable bonds is 5. The summed E-state index contributed by atoms with van der Waals surface area (Å²) in [7, 11) is 0. The summed E-state index contributed by atoms with van der Waals surface area (Å²) in [5.41, 5.74) is 6.51. The number of amides is 1. The lowest BCUT2D eigenvalue weighted by Gasteiger charge is -2.16. The third kappa shape index (κ3) is 2.93. The predicted octanol–water partition coefficient (Wildman–Crippen LogP) is 2.33. The zero-order chi connectivity index (χ0) is 13.2. The molecule has 1 atom stereocenters. The Morgan fingerprint density at radius 3 is 2.56 bits per heavy atom. The molecule has 1 aliphatic rings. The van der Waals surface area contributed by atoms with Gasteiger partial charge in [0.05, 0.1) is 5.41 Å². The average Bonchev–Trinajstić information content (AvgIpc) is 3.10. The van der Waals surface area contributed by atoms with E-state index in [9.17, 15) is 4.79 Å². The van der Waals surface area contributed by atoms with Crippen molar-refractivity contribution in [1.29, 1.82) is 0 Å². The molecule has 1 aromatic carbocycles. The van der Waals surface area contributed by atoms with Gasteiger partial charge in [0.1, 0.15) is 0 Å². The van der Waals surface area contributed by atoms with Crippen LogP contribution < -0.4 is 11.1 Å². The maximum atomic E-state index is 12.2. The van der Waals surface area contributed by atoms with E-state index >= 15 is 0 Å². The van der Waals surface area contributed by atoms with Crippen LogP contribution >= 0.6 is 15.9 Å². The molecule has 0 bridgehead atoms. The first-order chi connectivity index (χ1) is 8.54. The number of hydrogen-bond acceptors (Lipinski definition) is 2. The largest absolute Gasteiger partial charge is 0.355 e. The molecule has 0 spiro atoms. The molecule has 1 saturated carbocycles. The standard InChI is InChI=1S/C14H19BrN2O/c1-10(16)6-9-17-13(18)14(7-8-14)11-2-4-12(15)5-3-11/h2-5,10H,6-9,16H2,1H3,(H,17,18). The number of carbonyl (C=O) groups is 1. The molecule has 1 amide bonds.